The number of thiazole rings is 1. The minimum Gasteiger partial charge on any atom is -0.338 e. The predicted molar refractivity (Wildman–Crippen MR) is 76.0 cm³/mol. The first kappa shape index (κ1) is 13.1. The van der Waals surface area contributed by atoms with Gasteiger partial charge in [-0.3, -0.25) is 9.69 Å². The molecular formula is C14H21N3OS. The Morgan fingerprint density at radius 1 is 1.53 bits per heavy atom. The van der Waals surface area contributed by atoms with Gasteiger partial charge in [-0.2, -0.15) is 0 Å². The zero-order chi connectivity index (χ0) is 13.2. The highest BCUT2D eigenvalue weighted by atomic mass is 32.1. The Kier molecular flexibility index (Phi) is 3.84. The largest absolute Gasteiger partial charge is 0.338 e. The molecule has 0 unspecified atom stereocenters. The van der Waals surface area contributed by atoms with E-state index in [-0.39, 0.29) is 5.91 Å². The molecule has 1 aliphatic carbocycles. The molecule has 104 valence electrons. The van der Waals surface area contributed by atoms with Crippen molar-refractivity contribution in [3.8, 4) is 0 Å². The van der Waals surface area contributed by atoms with Gasteiger partial charge in [0.2, 0.25) is 5.91 Å². The van der Waals surface area contributed by atoms with Crippen LogP contribution < -0.4 is 0 Å². The van der Waals surface area contributed by atoms with Crippen molar-refractivity contribution in [2.45, 2.75) is 51.2 Å². The maximum atomic E-state index is 11.7. The van der Waals surface area contributed by atoms with Crippen molar-refractivity contribution in [3.05, 3.63) is 16.6 Å². The lowest BCUT2D eigenvalue weighted by atomic mass is 10.2. The molecule has 1 saturated carbocycles. The first-order valence-corrected chi connectivity index (χ1v) is 8.01. The van der Waals surface area contributed by atoms with Crippen LogP contribution in [-0.4, -0.2) is 45.9 Å². The maximum absolute atomic E-state index is 11.7. The Labute approximate surface area is 118 Å². The molecule has 2 aliphatic rings. The van der Waals surface area contributed by atoms with E-state index in [0.29, 0.717) is 12.1 Å². The first-order chi connectivity index (χ1) is 9.24. The summed E-state index contributed by atoms with van der Waals surface area (Å²) in [6.45, 7) is 4.70. The van der Waals surface area contributed by atoms with Gasteiger partial charge in [-0.25, -0.2) is 4.98 Å². The molecule has 5 heteroatoms. The Balaban J connectivity index is 1.60. The number of rotatable bonds is 5. The highest BCUT2D eigenvalue weighted by Crippen LogP contribution is 2.29. The minimum absolute atomic E-state index is 0.239. The van der Waals surface area contributed by atoms with Gasteiger partial charge >= 0.3 is 0 Å². The number of hydrogen-bond donors (Lipinski definition) is 0. The quantitative estimate of drug-likeness (QED) is 0.828. The molecule has 1 atom stereocenters. The summed E-state index contributed by atoms with van der Waals surface area (Å²) in [5.41, 5.74) is 0. The van der Waals surface area contributed by atoms with Gasteiger partial charge in [-0.1, -0.05) is 0 Å². The molecule has 1 saturated heterocycles. The summed E-state index contributed by atoms with van der Waals surface area (Å²) in [5, 5.41) is 3.22. The second-order valence-corrected chi connectivity index (χ2v) is 6.57. The molecule has 2 fully saturated rings. The minimum atomic E-state index is 0.239. The Morgan fingerprint density at radius 3 is 3.00 bits per heavy atom. The molecule has 0 aromatic carbocycles. The average molecular weight is 279 g/mol. The average Bonchev–Trinajstić information content (AvgIpc) is 2.91. The van der Waals surface area contributed by atoms with E-state index >= 15 is 0 Å². The smallest absolute Gasteiger partial charge is 0.219 e. The summed E-state index contributed by atoms with van der Waals surface area (Å²) in [7, 11) is 0. The number of amides is 1. The lowest BCUT2D eigenvalue weighted by Crippen LogP contribution is -2.43. The molecule has 3 rings (SSSR count). The maximum Gasteiger partial charge on any atom is 0.219 e. The number of aromatic nitrogens is 1. The molecular weight excluding hydrogens is 258 g/mol. The van der Waals surface area contributed by atoms with Gasteiger partial charge in [0.25, 0.3) is 0 Å². The summed E-state index contributed by atoms with van der Waals surface area (Å²) in [5.74, 6) is 0.239. The van der Waals surface area contributed by atoms with E-state index in [0.717, 1.165) is 19.6 Å². The summed E-state index contributed by atoms with van der Waals surface area (Å²) in [6, 6.07) is 1.05. The van der Waals surface area contributed by atoms with Crippen LogP contribution in [0, 0.1) is 0 Å². The van der Waals surface area contributed by atoms with E-state index in [1.54, 1.807) is 18.3 Å². The van der Waals surface area contributed by atoms with Gasteiger partial charge in [-0.05, 0) is 32.2 Å². The van der Waals surface area contributed by atoms with E-state index in [9.17, 15) is 4.79 Å². The van der Waals surface area contributed by atoms with Gasteiger partial charge in [0.1, 0.15) is 5.01 Å². The van der Waals surface area contributed by atoms with Gasteiger partial charge in [0.05, 0.1) is 6.54 Å². The van der Waals surface area contributed by atoms with Crippen LogP contribution in [0.1, 0.15) is 37.6 Å². The predicted octanol–water partition coefficient (Wildman–Crippen LogP) is 2.12. The number of likely N-dealkylation sites (tertiary alicyclic amines) is 1. The number of nitrogens with zero attached hydrogens (tertiary/aromatic N) is 3. The highest BCUT2D eigenvalue weighted by Gasteiger charge is 2.35. The molecule has 0 spiro atoms. The molecule has 1 aliphatic heterocycles. The van der Waals surface area contributed by atoms with E-state index < -0.39 is 0 Å². The summed E-state index contributed by atoms with van der Waals surface area (Å²) < 4.78 is 0. The molecule has 19 heavy (non-hydrogen) atoms. The van der Waals surface area contributed by atoms with Gasteiger partial charge < -0.3 is 4.90 Å². The van der Waals surface area contributed by atoms with Crippen molar-refractivity contribution >= 4 is 17.2 Å². The fraction of sp³-hybridized carbons (Fsp3) is 0.714. The van der Waals surface area contributed by atoms with Gasteiger partial charge in [0.15, 0.2) is 0 Å². The van der Waals surface area contributed by atoms with Crippen LogP contribution in [0.3, 0.4) is 0 Å². The van der Waals surface area contributed by atoms with E-state index in [1.165, 1.54) is 30.7 Å². The summed E-state index contributed by atoms with van der Waals surface area (Å²) in [4.78, 5) is 20.7. The second-order valence-electron chi connectivity index (χ2n) is 5.59. The topological polar surface area (TPSA) is 36.4 Å². The lowest BCUT2D eigenvalue weighted by Gasteiger charge is -2.30. The first-order valence-electron chi connectivity index (χ1n) is 7.13. The fourth-order valence-electron chi connectivity index (χ4n) is 2.96. The molecule has 4 nitrogen and oxygen atoms in total. The van der Waals surface area contributed by atoms with Crippen LogP contribution in [0.4, 0.5) is 0 Å². The number of carbonyl (C=O) groups is 1. The lowest BCUT2D eigenvalue weighted by molar-refractivity contribution is -0.130. The van der Waals surface area contributed by atoms with Crippen LogP contribution in [0.2, 0.25) is 0 Å². The number of hydrogen-bond acceptors (Lipinski definition) is 4. The fourth-order valence-corrected chi connectivity index (χ4v) is 3.60. The van der Waals surface area contributed by atoms with Gasteiger partial charge in [0, 0.05) is 37.1 Å². The van der Waals surface area contributed by atoms with Crippen LogP contribution in [0.15, 0.2) is 11.6 Å². The molecule has 2 heterocycles. The second kappa shape index (κ2) is 5.59. The molecule has 1 aromatic rings. The van der Waals surface area contributed by atoms with E-state index in [1.807, 2.05) is 11.6 Å². The molecule has 0 N–H and O–H groups in total. The molecule has 1 amide bonds. The molecule has 0 bridgehead atoms. The van der Waals surface area contributed by atoms with Crippen molar-refractivity contribution in [2.24, 2.45) is 0 Å². The number of carbonyl (C=O) groups excluding carboxylic acids is 1. The summed E-state index contributed by atoms with van der Waals surface area (Å²) >= 11 is 1.72. The zero-order valence-electron chi connectivity index (χ0n) is 11.4. The third-order valence-electron chi connectivity index (χ3n) is 4.12. The van der Waals surface area contributed by atoms with Crippen LogP contribution in [0.25, 0.3) is 0 Å². The zero-order valence-corrected chi connectivity index (χ0v) is 12.2. The van der Waals surface area contributed by atoms with Crippen molar-refractivity contribution in [1.82, 2.24) is 14.8 Å². The Morgan fingerprint density at radius 2 is 2.37 bits per heavy atom. The third-order valence-corrected chi connectivity index (χ3v) is 4.88. The Hall–Kier alpha value is -0.940. The third kappa shape index (κ3) is 3.15. The van der Waals surface area contributed by atoms with Crippen molar-refractivity contribution in [2.75, 3.05) is 13.1 Å². The van der Waals surface area contributed by atoms with Crippen LogP contribution in [0.5, 0.6) is 0 Å². The van der Waals surface area contributed by atoms with Crippen LogP contribution in [-0.2, 0) is 11.3 Å². The van der Waals surface area contributed by atoms with E-state index in [2.05, 4.69) is 14.8 Å². The normalized spacial score (nSPS) is 23.7. The van der Waals surface area contributed by atoms with Gasteiger partial charge in [-0.15, -0.1) is 11.3 Å². The van der Waals surface area contributed by atoms with Crippen molar-refractivity contribution < 1.29 is 4.79 Å². The standard InChI is InChI=1S/C14H21N3OS/c1-11(18)17(12-4-5-12)9-13-3-2-7-16(13)10-14-15-6-8-19-14/h6,8,12-13H,2-5,7,9-10H2,1H3/t13-/m0/s1. The van der Waals surface area contributed by atoms with Crippen molar-refractivity contribution in [1.29, 1.82) is 0 Å². The Bertz CT molecular complexity index is 430. The summed E-state index contributed by atoms with van der Waals surface area (Å²) in [6.07, 6.45) is 6.71. The van der Waals surface area contributed by atoms with Crippen molar-refractivity contribution in [3.63, 3.8) is 0 Å². The highest BCUT2D eigenvalue weighted by molar-refractivity contribution is 7.09. The van der Waals surface area contributed by atoms with Crippen LogP contribution >= 0.6 is 11.3 Å². The van der Waals surface area contributed by atoms with E-state index in [4.69, 9.17) is 0 Å². The SMILES string of the molecule is CC(=O)N(C[C@@H]1CCCN1Cc1nccs1)C1CC1. The monoisotopic (exact) mass is 279 g/mol. The molecule has 1 aromatic heterocycles. The molecule has 0 radical (unpaired) electrons.